The van der Waals surface area contributed by atoms with E-state index in [4.69, 9.17) is 5.11 Å². The normalized spacial score (nSPS) is 12.5. The van der Waals surface area contributed by atoms with Crippen LogP contribution in [0.3, 0.4) is 0 Å². The summed E-state index contributed by atoms with van der Waals surface area (Å²) < 4.78 is 0.607. The molecular weight excluding hydrogens is 238 g/mol. The molecule has 0 radical (unpaired) electrons. The standard InChI is InChI=1S/C7H10BrN3O2/c1-4(3-12)10-7(13)6-5(8)2-9-11-6/h2,4,12H,3H2,1H3,(H,9,11)(H,10,13)/t4-/m0/s1. The molecule has 0 aromatic carbocycles. The summed E-state index contributed by atoms with van der Waals surface area (Å²) in [5.41, 5.74) is 0.361. The van der Waals surface area contributed by atoms with E-state index >= 15 is 0 Å². The number of hydrogen-bond acceptors (Lipinski definition) is 3. The lowest BCUT2D eigenvalue weighted by atomic mass is 10.3. The molecule has 6 heteroatoms. The molecule has 0 saturated carbocycles. The van der Waals surface area contributed by atoms with Crippen LogP contribution in [0.25, 0.3) is 0 Å². The number of carbonyl (C=O) groups excluding carboxylic acids is 1. The maximum absolute atomic E-state index is 11.4. The molecule has 0 saturated heterocycles. The fourth-order valence-electron chi connectivity index (χ4n) is 0.772. The number of halogens is 1. The third-order valence-corrected chi connectivity index (χ3v) is 2.07. The van der Waals surface area contributed by atoms with Crippen LogP contribution >= 0.6 is 15.9 Å². The fraction of sp³-hybridized carbons (Fsp3) is 0.429. The van der Waals surface area contributed by atoms with Crippen LogP contribution in [0.4, 0.5) is 0 Å². The zero-order valence-electron chi connectivity index (χ0n) is 7.04. The van der Waals surface area contributed by atoms with Crippen molar-refractivity contribution in [3.8, 4) is 0 Å². The van der Waals surface area contributed by atoms with E-state index in [1.54, 1.807) is 6.92 Å². The van der Waals surface area contributed by atoms with E-state index in [0.717, 1.165) is 0 Å². The molecule has 0 bridgehead atoms. The largest absolute Gasteiger partial charge is 0.394 e. The van der Waals surface area contributed by atoms with Crippen LogP contribution in [0.2, 0.25) is 0 Å². The van der Waals surface area contributed by atoms with Gasteiger partial charge in [0.15, 0.2) is 0 Å². The molecule has 1 aromatic rings. The molecule has 0 fully saturated rings. The van der Waals surface area contributed by atoms with Crippen LogP contribution in [0.5, 0.6) is 0 Å². The number of rotatable bonds is 3. The minimum atomic E-state index is -0.286. The van der Waals surface area contributed by atoms with Gasteiger partial charge in [-0.3, -0.25) is 9.89 Å². The Bertz CT molecular complexity index is 300. The number of hydrogen-bond donors (Lipinski definition) is 3. The summed E-state index contributed by atoms with van der Waals surface area (Å²) in [6.45, 7) is 1.62. The summed E-state index contributed by atoms with van der Waals surface area (Å²) in [4.78, 5) is 11.4. The number of aromatic amines is 1. The van der Waals surface area contributed by atoms with Crippen molar-refractivity contribution in [3.63, 3.8) is 0 Å². The quantitative estimate of drug-likeness (QED) is 0.719. The Morgan fingerprint density at radius 2 is 2.62 bits per heavy atom. The predicted octanol–water partition coefficient (Wildman–Crippen LogP) is 0.283. The molecule has 1 rings (SSSR count). The second-order valence-corrected chi connectivity index (χ2v) is 3.50. The van der Waals surface area contributed by atoms with Crippen LogP contribution in [-0.2, 0) is 0 Å². The van der Waals surface area contributed by atoms with Gasteiger partial charge in [-0.05, 0) is 22.9 Å². The molecular formula is C7H10BrN3O2. The fourth-order valence-corrected chi connectivity index (χ4v) is 1.14. The van der Waals surface area contributed by atoms with Gasteiger partial charge in [-0.15, -0.1) is 0 Å². The molecule has 1 heterocycles. The Kier molecular flexibility index (Phi) is 3.44. The number of aliphatic hydroxyl groups is 1. The molecule has 0 spiro atoms. The highest BCUT2D eigenvalue weighted by Crippen LogP contribution is 2.12. The molecule has 1 aromatic heterocycles. The third-order valence-electron chi connectivity index (χ3n) is 1.47. The smallest absolute Gasteiger partial charge is 0.270 e. The molecule has 0 unspecified atom stereocenters. The van der Waals surface area contributed by atoms with Crippen molar-refractivity contribution in [2.24, 2.45) is 0 Å². The van der Waals surface area contributed by atoms with Crippen LogP contribution in [0.1, 0.15) is 17.4 Å². The Hall–Kier alpha value is -0.880. The molecule has 72 valence electrons. The van der Waals surface area contributed by atoms with Crippen molar-refractivity contribution in [1.82, 2.24) is 15.5 Å². The lowest BCUT2D eigenvalue weighted by Gasteiger charge is -2.09. The number of aromatic nitrogens is 2. The zero-order valence-corrected chi connectivity index (χ0v) is 8.63. The van der Waals surface area contributed by atoms with E-state index in [9.17, 15) is 4.79 Å². The number of H-pyrrole nitrogens is 1. The average Bonchev–Trinajstić information content (AvgIpc) is 2.51. The van der Waals surface area contributed by atoms with Crippen LogP contribution < -0.4 is 5.32 Å². The van der Waals surface area contributed by atoms with Gasteiger partial charge < -0.3 is 10.4 Å². The lowest BCUT2D eigenvalue weighted by molar-refractivity contribution is 0.0916. The third kappa shape index (κ3) is 2.53. The van der Waals surface area contributed by atoms with E-state index in [0.29, 0.717) is 10.2 Å². The first-order valence-corrected chi connectivity index (χ1v) is 4.55. The molecule has 3 N–H and O–H groups in total. The number of aliphatic hydroxyl groups excluding tert-OH is 1. The number of carbonyl (C=O) groups is 1. The van der Waals surface area contributed by atoms with Gasteiger partial charge in [0.05, 0.1) is 17.3 Å². The highest BCUT2D eigenvalue weighted by molar-refractivity contribution is 9.10. The summed E-state index contributed by atoms with van der Waals surface area (Å²) in [6.07, 6.45) is 1.50. The van der Waals surface area contributed by atoms with E-state index in [2.05, 4.69) is 31.4 Å². The van der Waals surface area contributed by atoms with E-state index in [-0.39, 0.29) is 18.6 Å². The second-order valence-electron chi connectivity index (χ2n) is 2.65. The van der Waals surface area contributed by atoms with Gasteiger partial charge in [0.25, 0.3) is 5.91 Å². The zero-order chi connectivity index (χ0) is 9.84. The van der Waals surface area contributed by atoms with Gasteiger partial charge in [-0.25, -0.2) is 0 Å². The summed E-state index contributed by atoms with van der Waals surface area (Å²) in [6, 6.07) is -0.261. The molecule has 13 heavy (non-hydrogen) atoms. The topological polar surface area (TPSA) is 78.0 Å². The van der Waals surface area contributed by atoms with Crippen LogP contribution in [-0.4, -0.2) is 33.9 Å². The van der Waals surface area contributed by atoms with Crippen molar-refractivity contribution in [2.45, 2.75) is 13.0 Å². The number of amides is 1. The van der Waals surface area contributed by atoms with Crippen molar-refractivity contribution in [3.05, 3.63) is 16.4 Å². The highest BCUT2D eigenvalue weighted by Gasteiger charge is 2.13. The molecule has 0 aliphatic carbocycles. The SMILES string of the molecule is C[C@@H](CO)NC(=O)c1[nH]ncc1Br. The monoisotopic (exact) mass is 247 g/mol. The summed E-state index contributed by atoms with van der Waals surface area (Å²) in [5, 5.41) is 17.5. The van der Waals surface area contributed by atoms with Crippen molar-refractivity contribution >= 4 is 21.8 Å². The highest BCUT2D eigenvalue weighted by atomic mass is 79.9. The number of nitrogens with one attached hydrogen (secondary N) is 2. The van der Waals surface area contributed by atoms with Crippen LogP contribution in [0, 0.1) is 0 Å². The van der Waals surface area contributed by atoms with Gasteiger partial charge in [0.1, 0.15) is 5.69 Å². The summed E-state index contributed by atoms with van der Waals surface area (Å²) >= 11 is 3.16. The van der Waals surface area contributed by atoms with Crippen molar-refractivity contribution in [1.29, 1.82) is 0 Å². The van der Waals surface area contributed by atoms with Gasteiger partial charge >= 0.3 is 0 Å². The molecule has 1 amide bonds. The number of nitrogens with zero attached hydrogens (tertiary/aromatic N) is 1. The summed E-state index contributed by atoms with van der Waals surface area (Å²) in [5.74, 6) is -0.286. The molecule has 0 aliphatic heterocycles. The van der Waals surface area contributed by atoms with Crippen molar-refractivity contribution < 1.29 is 9.90 Å². The maximum atomic E-state index is 11.4. The Morgan fingerprint density at radius 3 is 3.08 bits per heavy atom. The molecule has 1 atom stereocenters. The van der Waals surface area contributed by atoms with Gasteiger partial charge in [-0.2, -0.15) is 5.10 Å². The Balaban J connectivity index is 2.64. The van der Waals surface area contributed by atoms with E-state index in [1.165, 1.54) is 6.20 Å². The Morgan fingerprint density at radius 1 is 1.92 bits per heavy atom. The first-order chi connectivity index (χ1) is 6.15. The molecule has 5 nitrogen and oxygen atoms in total. The second kappa shape index (κ2) is 4.38. The Labute approximate surface area is 83.7 Å². The average molecular weight is 248 g/mol. The van der Waals surface area contributed by atoms with E-state index in [1.807, 2.05) is 0 Å². The minimum Gasteiger partial charge on any atom is -0.394 e. The van der Waals surface area contributed by atoms with Gasteiger partial charge in [0, 0.05) is 6.04 Å². The van der Waals surface area contributed by atoms with Gasteiger partial charge in [-0.1, -0.05) is 0 Å². The van der Waals surface area contributed by atoms with Crippen LogP contribution in [0.15, 0.2) is 10.7 Å². The maximum Gasteiger partial charge on any atom is 0.270 e. The minimum absolute atomic E-state index is 0.0858. The molecule has 0 aliphatic rings. The first kappa shape index (κ1) is 10.2. The predicted molar refractivity (Wildman–Crippen MR) is 50.3 cm³/mol. The summed E-state index contributed by atoms with van der Waals surface area (Å²) in [7, 11) is 0. The first-order valence-electron chi connectivity index (χ1n) is 3.75. The van der Waals surface area contributed by atoms with Gasteiger partial charge in [0.2, 0.25) is 0 Å². The van der Waals surface area contributed by atoms with Crippen molar-refractivity contribution in [2.75, 3.05) is 6.61 Å². The lowest BCUT2D eigenvalue weighted by Crippen LogP contribution is -2.35. The van der Waals surface area contributed by atoms with E-state index < -0.39 is 0 Å².